The van der Waals surface area contributed by atoms with Crippen LogP contribution in [0.5, 0.6) is 0 Å². The van der Waals surface area contributed by atoms with Crippen LogP contribution in [-0.4, -0.2) is 18.2 Å². The monoisotopic (exact) mass is 379 g/mol. The van der Waals surface area contributed by atoms with E-state index in [0.29, 0.717) is 12.0 Å². The van der Waals surface area contributed by atoms with E-state index in [-0.39, 0.29) is 18.2 Å². The molecular weight excluding hydrogens is 365 g/mol. The Labute approximate surface area is 131 Å². The molecule has 0 radical (unpaired) electrons. The van der Waals surface area contributed by atoms with Gasteiger partial charge >= 0.3 is 0 Å². The molecular formula is C16H14INO2. The first-order valence-corrected chi connectivity index (χ1v) is 7.32. The Morgan fingerprint density at radius 2 is 1.60 bits per heavy atom. The van der Waals surface area contributed by atoms with Gasteiger partial charge in [-0.1, -0.05) is 42.5 Å². The van der Waals surface area contributed by atoms with Crippen LogP contribution in [0, 0.1) is 3.57 Å². The molecule has 0 aliphatic heterocycles. The average Bonchev–Trinajstić information content (AvgIpc) is 2.48. The van der Waals surface area contributed by atoms with E-state index in [9.17, 15) is 9.59 Å². The van der Waals surface area contributed by atoms with Gasteiger partial charge in [-0.3, -0.25) is 9.59 Å². The standard InChI is InChI=1S/C16H14INO2/c17-14-8-6-12(7-9-14)10-16(20)18-11-15(19)13-4-2-1-3-5-13/h1-9H,10-11H2,(H,18,20). The van der Waals surface area contributed by atoms with Crippen molar-refractivity contribution in [2.24, 2.45) is 0 Å². The van der Waals surface area contributed by atoms with Crippen LogP contribution in [0.15, 0.2) is 54.6 Å². The second-order valence-electron chi connectivity index (χ2n) is 4.37. The Morgan fingerprint density at radius 1 is 0.950 bits per heavy atom. The van der Waals surface area contributed by atoms with Crippen molar-refractivity contribution < 1.29 is 9.59 Å². The van der Waals surface area contributed by atoms with E-state index in [4.69, 9.17) is 0 Å². The van der Waals surface area contributed by atoms with Crippen molar-refractivity contribution in [3.05, 3.63) is 69.3 Å². The molecule has 0 unspecified atom stereocenters. The molecule has 0 fully saturated rings. The molecule has 0 aliphatic rings. The summed E-state index contributed by atoms with van der Waals surface area (Å²) in [7, 11) is 0. The number of ketones is 1. The van der Waals surface area contributed by atoms with Gasteiger partial charge in [0, 0.05) is 9.13 Å². The number of hydrogen-bond donors (Lipinski definition) is 1. The number of carbonyl (C=O) groups excluding carboxylic acids is 2. The summed E-state index contributed by atoms with van der Waals surface area (Å²) >= 11 is 2.22. The van der Waals surface area contributed by atoms with Gasteiger partial charge in [0.2, 0.25) is 5.91 Å². The molecule has 4 heteroatoms. The number of rotatable bonds is 5. The van der Waals surface area contributed by atoms with E-state index in [1.54, 1.807) is 24.3 Å². The molecule has 0 atom stereocenters. The number of Topliss-reactive ketones (excluding diaryl/α,β-unsaturated/α-hetero) is 1. The third kappa shape index (κ3) is 4.45. The van der Waals surface area contributed by atoms with Gasteiger partial charge in [0.25, 0.3) is 0 Å². The molecule has 0 saturated heterocycles. The lowest BCUT2D eigenvalue weighted by Crippen LogP contribution is -2.30. The van der Waals surface area contributed by atoms with Crippen molar-refractivity contribution in [1.29, 1.82) is 0 Å². The minimum Gasteiger partial charge on any atom is -0.348 e. The molecule has 0 spiro atoms. The van der Waals surface area contributed by atoms with Gasteiger partial charge in [0.15, 0.2) is 5.78 Å². The quantitative estimate of drug-likeness (QED) is 0.642. The number of halogens is 1. The first-order chi connectivity index (χ1) is 9.65. The zero-order chi connectivity index (χ0) is 14.4. The third-order valence-corrected chi connectivity index (χ3v) is 3.54. The Balaban J connectivity index is 1.83. The fourth-order valence-corrected chi connectivity index (χ4v) is 2.11. The topological polar surface area (TPSA) is 46.2 Å². The molecule has 0 aromatic heterocycles. The van der Waals surface area contributed by atoms with Crippen LogP contribution in [0.2, 0.25) is 0 Å². The van der Waals surface area contributed by atoms with E-state index in [1.165, 1.54) is 0 Å². The predicted octanol–water partition coefficient (Wildman–Crippen LogP) is 2.83. The molecule has 2 aromatic carbocycles. The maximum Gasteiger partial charge on any atom is 0.224 e. The van der Waals surface area contributed by atoms with Gasteiger partial charge in [-0.05, 0) is 40.3 Å². The Bertz CT molecular complexity index is 594. The molecule has 0 heterocycles. The van der Waals surface area contributed by atoms with Gasteiger partial charge in [0.1, 0.15) is 0 Å². The van der Waals surface area contributed by atoms with E-state index < -0.39 is 0 Å². The molecule has 3 nitrogen and oxygen atoms in total. The fraction of sp³-hybridized carbons (Fsp3) is 0.125. The lowest BCUT2D eigenvalue weighted by Gasteiger charge is -2.05. The second-order valence-corrected chi connectivity index (χ2v) is 5.61. The second kappa shape index (κ2) is 7.19. The number of hydrogen-bond acceptors (Lipinski definition) is 2. The minimum absolute atomic E-state index is 0.0349. The van der Waals surface area contributed by atoms with Gasteiger partial charge in [-0.15, -0.1) is 0 Å². The zero-order valence-corrected chi connectivity index (χ0v) is 13.0. The summed E-state index contributed by atoms with van der Waals surface area (Å²) in [5.41, 5.74) is 1.55. The Kier molecular flexibility index (Phi) is 5.29. The molecule has 0 bridgehead atoms. The molecule has 102 valence electrons. The summed E-state index contributed by atoms with van der Waals surface area (Å²) in [6.45, 7) is 0.0349. The molecule has 2 aromatic rings. The molecule has 2 rings (SSSR count). The van der Waals surface area contributed by atoms with Crippen LogP contribution < -0.4 is 5.32 Å². The summed E-state index contributed by atoms with van der Waals surface area (Å²) in [5, 5.41) is 2.65. The van der Waals surface area contributed by atoms with Crippen molar-refractivity contribution in [3.63, 3.8) is 0 Å². The van der Waals surface area contributed by atoms with Gasteiger partial charge in [0.05, 0.1) is 13.0 Å². The van der Waals surface area contributed by atoms with E-state index >= 15 is 0 Å². The highest BCUT2D eigenvalue weighted by molar-refractivity contribution is 14.1. The van der Waals surface area contributed by atoms with Crippen molar-refractivity contribution in [2.75, 3.05) is 6.54 Å². The Hall–Kier alpha value is -1.69. The largest absolute Gasteiger partial charge is 0.348 e. The normalized spacial score (nSPS) is 10.1. The van der Waals surface area contributed by atoms with Crippen LogP contribution >= 0.6 is 22.6 Å². The zero-order valence-electron chi connectivity index (χ0n) is 10.8. The van der Waals surface area contributed by atoms with Crippen molar-refractivity contribution in [3.8, 4) is 0 Å². The summed E-state index contributed by atoms with van der Waals surface area (Å²) in [5.74, 6) is -0.225. The summed E-state index contributed by atoms with van der Waals surface area (Å²) in [6, 6.07) is 16.7. The van der Waals surface area contributed by atoms with E-state index in [0.717, 1.165) is 9.13 Å². The van der Waals surface area contributed by atoms with E-state index in [1.807, 2.05) is 30.3 Å². The lowest BCUT2D eigenvalue weighted by molar-refractivity contribution is -0.120. The van der Waals surface area contributed by atoms with Gasteiger partial charge in [-0.2, -0.15) is 0 Å². The smallest absolute Gasteiger partial charge is 0.224 e. The first kappa shape index (κ1) is 14.7. The first-order valence-electron chi connectivity index (χ1n) is 6.24. The summed E-state index contributed by atoms with van der Waals surface area (Å²) in [4.78, 5) is 23.6. The maximum absolute atomic E-state index is 11.8. The highest BCUT2D eigenvalue weighted by atomic mass is 127. The predicted molar refractivity (Wildman–Crippen MR) is 86.6 cm³/mol. The number of carbonyl (C=O) groups is 2. The van der Waals surface area contributed by atoms with Crippen LogP contribution in [0.1, 0.15) is 15.9 Å². The summed E-state index contributed by atoms with van der Waals surface area (Å²) in [6.07, 6.45) is 0.291. The van der Waals surface area contributed by atoms with Crippen molar-refractivity contribution in [1.82, 2.24) is 5.32 Å². The highest BCUT2D eigenvalue weighted by Gasteiger charge is 2.08. The van der Waals surface area contributed by atoms with Gasteiger partial charge in [-0.25, -0.2) is 0 Å². The molecule has 1 N–H and O–H groups in total. The number of nitrogens with one attached hydrogen (secondary N) is 1. The molecule has 1 amide bonds. The van der Waals surface area contributed by atoms with Crippen LogP contribution in [-0.2, 0) is 11.2 Å². The third-order valence-electron chi connectivity index (χ3n) is 2.82. The van der Waals surface area contributed by atoms with Gasteiger partial charge < -0.3 is 5.32 Å². The summed E-state index contributed by atoms with van der Waals surface area (Å²) < 4.78 is 1.13. The molecule has 0 aliphatic carbocycles. The van der Waals surface area contributed by atoms with Crippen LogP contribution in [0.4, 0.5) is 0 Å². The van der Waals surface area contributed by atoms with Crippen LogP contribution in [0.3, 0.4) is 0 Å². The number of amides is 1. The molecule has 0 saturated carbocycles. The number of benzene rings is 2. The minimum atomic E-state index is -0.143. The lowest BCUT2D eigenvalue weighted by atomic mass is 10.1. The molecule has 20 heavy (non-hydrogen) atoms. The fourth-order valence-electron chi connectivity index (χ4n) is 1.76. The SMILES string of the molecule is O=C(Cc1ccc(I)cc1)NCC(=O)c1ccccc1. The highest BCUT2D eigenvalue weighted by Crippen LogP contribution is 2.07. The van der Waals surface area contributed by atoms with Crippen molar-refractivity contribution >= 4 is 34.3 Å². The Morgan fingerprint density at radius 3 is 2.25 bits per heavy atom. The maximum atomic E-state index is 11.8. The van der Waals surface area contributed by atoms with Crippen molar-refractivity contribution in [2.45, 2.75) is 6.42 Å². The van der Waals surface area contributed by atoms with E-state index in [2.05, 4.69) is 27.9 Å². The van der Waals surface area contributed by atoms with Crippen LogP contribution in [0.25, 0.3) is 0 Å². The average molecular weight is 379 g/mol.